The van der Waals surface area contributed by atoms with Crippen molar-refractivity contribution in [2.75, 3.05) is 0 Å². The lowest BCUT2D eigenvalue weighted by molar-refractivity contribution is 0.632. The van der Waals surface area contributed by atoms with E-state index in [2.05, 4.69) is 224 Å². The predicted molar refractivity (Wildman–Crippen MR) is 259 cm³/mol. The second-order valence-electron chi connectivity index (χ2n) is 16.0. The monoisotopic (exact) mass is 774 g/mol. The summed E-state index contributed by atoms with van der Waals surface area (Å²) >= 11 is 0. The number of hydrogen-bond acceptors (Lipinski definition) is 1. The molecule has 0 bridgehead atoms. The average molecular weight is 775 g/mol. The van der Waals surface area contributed by atoms with Crippen molar-refractivity contribution < 1.29 is 4.42 Å². The average Bonchev–Trinajstić information content (AvgIpc) is 3.72. The van der Waals surface area contributed by atoms with Gasteiger partial charge in [-0.3, -0.25) is 0 Å². The molecule has 61 heavy (non-hydrogen) atoms. The first-order valence-electron chi connectivity index (χ1n) is 21.0. The summed E-state index contributed by atoms with van der Waals surface area (Å²) in [4.78, 5) is 0. The van der Waals surface area contributed by atoms with Gasteiger partial charge in [0.2, 0.25) is 0 Å². The van der Waals surface area contributed by atoms with Crippen LogP contribution in [0.1, 0.15) is 0 Å². The van der Waals surface area contributed by atoms with Crippen molar-refractivity contribution >= 4 is 54.1 Å². The minimum Gasteiger partial charge on any atom is -0.455 e. The largest absolute Gasteiger partial charge is 0.455 e. The third-order valence-electron chi connectivity index (χ3n) is 12.4. The highest BCUT2D eigenvalue weighted by Crippen LogP contribution is 2.46. The van der Waals surface area contributed by atoms with E-state index in [9.17, 15) is 0 Å². The van der Waals surface area contributed by atoms with E-state index in [4.69, 9.17) is 4.42 Å². The normalized spacial score (nSPS) is 11.6. The fourth-order valence-electron chi connectivity index (χ4n) is 9.51. The van der Waals surface area contributed by atoms with E-state index in [1.807, 2.05) is 6.07 Å². The van der Waals surface area contributed by atoms with Crippen LogP contribution in [0.4, 0.5) is 0 Å². The topological polar surface area (TPSA) is 13.1 Å². The Bertz CT molecular complexity index is 3570. The van der Waals surface area contributed by atoms with Crippen molar-refractivity contribution in [2.24, 2.45) is 0 Å². The number of rotatable bonds is 6. The first-order valence-corrected chi connectivity index (χ1v) is 21.0. The van der Waals surface area contributed by atoms with Gasteiger partial charge in [-0.05, 0) is 130 Å². The quantitative estimate of drug-likeness (QED) is 0.153. The lowest BCUT2D eigenvalue weighted by Gasteiger charge is -2.18. The van der Waals surface area contributed by atoms with E-state index in [0.29, 0.717) is 0 Å². The van der Waals surface area contributed by atoms with Crippen LogP contribution < -0.4 is 0 Å². The molecule has 0 radical (unpaired) electrons. The zero-order valence-electron chi connectivity index (χ0n) is 33.3. The van der Waals surface area contributed by atoms with Gasteiger partial charge in [0.15, 0.2) is 0 Å². The Morgan fingerprint density at radius 1 is 0.213 bits per heavy atom. The maximum absolute atomic E-state index is 6.70. The number of furan rings is 1. The third kappa shape index (κ3) is 6.02. The molecule has 1 aromatic heterocycles. The van der Waals surface area contributed by atoms with Gasteiger partial charge in [0, 0.05) is 16.5 Å². The second-order valence-corrected chi connectivity index (χ2v) is 16.0. The van der Waals surface area contributed by atoms with Crippen LogP contribution in [0.2, 0.25) is 0 Å². The maximum atomic E-state index is 6.70. The van der Waals surface area contributed by atoms with E-state index >= 15 is 0 Å². The minimum absolute atomic E-state index is 0.883. The zero-order chi connectivity index (χ0) is 40.3. The summed E-state index contributed by atoms with van der Waals surface area (Å²) in [6, 6.07) is 83.6. The van der Waals surface area contributed by atoms with Gasteiger partial charge >= 0.3 is 0 Å². The van der Waals surface area contributed by atoms with Crippen LogP contribution in [0.5, 0.6) is 0 Å². The summed E-state index contributed by atoms with van der Waals surface area (Å²) in [7, 11) is 0. The predicted octanol–water partition coefficient (Wildman–Crippen LogP) is 17.0. The molecule has 1 nitrogen and oxygen atoms in total. The molecular formula is C60H38O. The molecule has 0 aliphatic carbocycles. The van der Waals surface area contributed by atoms with Crippen molar-refractivity contribution in [1.82, 2.24) is 0 Å². The summed E-state index contributed by atoms with van der Waals surface area (Å²) in [5.41, 5.74) is 13.9. The molecule has 1 heterocycles. The minimum atomic E-state index is 0.883. The van der Waals surface area contributed by atoms with Gasteiger partial charge in [-0.1, -0.05) is 194 Å². The lowest BCUT2D eigenvalue weighted by Crippen LogP contribution is -1.91. The molecule has 12 aromatic rings. The summed E-state index contributed by atoms with van der Waals surface area (Å²) in [6.07, 6.45) is 0. The van der Waals surface area contributed by atoms with Gasteiger partial charge in [0.25, 0.3) is 0 Å². The summed E-state index contributed by atoms with van der Waals surface area (Å²) in [5.74, 6) is 0.896. The molecule has 0 spiro atoms. The lowest BCUT2D eigenvalue weighted by atomic mass is 9.85. The summed E-state index contributed by atoms with van der Waals surface area (Å²) in [5, 5.41) is 11.0. The van der Waals surface area contributed by atoms with Crippen LogP contribution in [-0.2, 0) is 0 Å². The van der Waals surface area contributed by atoms with Crippen LogP contribution >= 0.6 is 0 Å². The van der Waals surface area contributed by atoms with Gasteiger partial charge in [0.05, 0.1) is 0 Å². The first kappa shape index (κ1) is 35.0. The van der Waals surface area contributed by atoms with Crippen molar-refractivity contribution in [1.29, 1.82) is 0 Å². The van der Waals surface area contributed by atoms with Crippen LogP contribution in [0, 0.1) is 0 Å². The molecule has 12 rings (SSSR count). The third-order valence-corrected chi connectivity index (χ3v) is 12.4. The van der Waals surface area contributed by atoms with Gasteiger partial charge < -0.3 is 4.42 Å². The van der Waals surface area contributed by atoms with Crippen molar-refractivity contribution in [3.63, 3.8) is 0 Å². The first-order chi connectivity index (χ1) is 30.2. The Labute approximate surface area is 354 Å². The highest BCUT2D eigenvalue weighted by atomic mass is 16.3. The molecular weight excluding hydrogens is 737 g/mol. The van der Waals surface area contributed by atoms with E-state index in [1.165, 1.54) is 76.5 Å². The van der Waals surface area contributed by atoms with Gasteiger partial charge in [-0.25, -0.2) is 0 Å². The molecule has 0 aliphatic rings. The molecule has 1 heteroatoms. The number of hydrogen-bond donors (Lipinski definition) is 0. The Hall–Kier alpha value is -8.00. The SMILES string of the molecule is c1ccc(-c2oc3cc(-c4ccc5cc(-c6c7ccccc7c(-c7cccc(-c8ccc9ccccc9c8)c7)c7ccccc67)ccc5c4)ccc3c2-c2ccccc2)cc1. The molecule has 11 aromatic carbocycles. The fraction of sp³-hybridized carbons (Fsp3) is 0. The molecule has 0 N–H and O–H groups in total. The van der Waals surface area contributed by atoms with E-state index in [-0.39, 0.29) is 0 Å². The van der Waals surface area contributed by atoms with Crippen molar-refractivity contribution in [3.05, 3.63) is 231 Å². The number of fused-ring (bicyclic) bond motifs is 5. The standard InChI is InChI=1S/C60H38O/c1-3-15-40(16-4-1)59-55-33-32-48(38-56(55)61-60(59)41-17-5-2-6-18-41)46-28-29-47-37-50(31-30-45(47)35-46)58-53-24-11-9-22-51(53)57(52-23-10-12-25-54(52)58)49-21-13-20-43(36-49)44-27-26-39-14-7-8-19-42(39)34-44/h1-38H. The van der Waals surface area contributed by atoms with Crippen LogP contribution in [0.15, 0.2) is 235 Å². The number of benzene rings is 11. The van der Waals surface area contributed by atoms with E-state index in [0.717, 1.165) is 44.5 Å². The Morgan fingerprint density at radius 3 is 1.26 bits per heavy atom. The van der Waals surface area contributed by atoms with E-state index < -0.39 is 0 Å². The smallest absolute Gasteiger partial charge is 0.143 e. The molecule has 0 saturated heterocycles. The summed E-state index contributed by atoms with van der Waals surface area (Å²) in [6.45, 7) is 0. The molecule has 0 aliphatic heterocycles. The molecule has 0 fully saturated rings. The molecule has 284 valence electrons. The second kappa shape index (κ2) is 14.4. The van der Waals surface area contributed by atoms with Gasteiger partial charge in [-0.2, -0.15) is 0 Å². The Morgan fingerprint density at radius 2 is 0.623 bits per heavy atom. The highest BCUT2D eigenvalue weighted by Gasteiger charge is 2.20. The summed E-state index contributed by atoms with van der Waals surface area (Å²) < 4.78 is 6.70. The van der Waals surface area contributed by atoms with Crippen LogP contribution in [0.25, 0.3) is 121 Å². The Balaban J connectivity index is 0.952. The van der Waals surface area contributed by atoms with Crippen LogP contribution in [-0.4, -0.2) is 0 Å². The van der Waals surface area contributed by atoms with Gasteiger partial charge in [-0.15, -0.1) is 0 Å². The van der Waals surface area contributed by atoms with Gasteiger partial charge in [0.1, 0.15) is 11.3 Å². The van der Waals surface area contributed by atoms with Crippen LogP contribution in [0.3, 0.4) is 0 Å². The maximum Gasteiger partial charge on any atom is 0.143 e. The van der Waals surface area contributed by atoms with Crippen molar-refractivity contribution in [2.45, 2.75) is 0 Å². The zero-order valence-corrected chi connectivity index (χ0v) is 33.3. The molecule has 0 amide bonds. The molecule has 0 unspecified atom stereocenters. The Kier molecular flexibility index (Phi) is 8.25. The van der Waals surface area contributed by atoms with E-state index in [1.54, 1.807) is 0 Å². The van der Waals surface area contributed by atoms with Crippen molar-refractivity contribution in [3.8, 4) is 67.0 Å². The highest BCUT2D eigenvalue weighted by molar-refractivity contribution is 6.22. The molecule has 0 saturated carbocycles. The molecule has 0 atom stereocenters. The fourth-order valence-corrected chi connectivity index (χ4v) is 9.51.